The molecule has 4 heteroatoms. The maximum Gasteiger partial charge on any atom is 0.352 e. The Morgan fingerprint density at radius 2 is 1.43 bits per heavy atom. The summed E-state index contributed by atoms with van der Waals surface area (Å²) in [6.45, 7) is 5.84. The van der Waals surface area contributed by atoms with E-state index in [1.807, 2.05) is 28.8 Å². The van der Waals surface area contributed by atoms with Crippen molar-refractivity contribution in [3.8, 4) is 0 Å². The summed E-state index contributed by atoms with van der Waals surface area (Å²) in [5, 5.41) is 14.5. The van der Waals surface area contributed by atoms with E-state index >= 15 is 0 Å². The number of hydrogen-bond acceptors (Lipinski definition) is 2. The molecular formula is C26H26N2O2. The molecule has 0 atom stereocenters. The Hall–Kier alpha value is -3.37. The van der Waals surface area contributed by atoms with Crippen molar-refractivity contribution >= 4 is 16.9 Å². The summed E-state index contributed by atoms with van der Waals surface area (Å²) in [6, 6.07) is 24.6. The number of rotatable bonds is 7. The third-order valence-electron chi connectivity index (χ3n) is 5.49. The zero-order valence-electron chi connectivity index (χ0n) is 17.4. The molecule has 3 aromatic carbocycles. The molecule has 0 aliphatic carbocycles. The molecule has 0 bridgehead atoms. The topological polar surface area (TPSA) is 54.3 Å². The fourth-order valence-corrected chi connectivity index (χ4v) is 3.88. The predicted molar refractivity (Wildman–Crippen MR) is 121 cm³/mol. The minimum Gasteiger partial charge on any atom is -0.477 e. The smallest absolute Gasteiger partial charge is 0.352 e. The van der Waals surface area contributed by atoms with Gasteiger partial charge in [-0.15, -0.1) is 0 Å². The minimum absolute atomic E-state index is 0.355. The molecule has 4 nitrogen and oxygen atoms in total. The first kappa shape index (κ1) is 19.9. The monoisotopic (exact) mass is 398 g/mol. The lowest BCUT2D eigenvalue weighted by atomic mass is 10.1. The van der Waals surface area contributed by atoms with Crippen molar-refractivity contribution in [2.75, 3.05) is 0 Å². The van der Waals surface area contributed by atoms with Gasteiger partial charge in [-0.25, -0.2) is 4.79 Å². The van der Waals surface area contributed by atoms with Crippen LogP contribution in [0.1, 0.15) is 38.3 Å². The molecule has 4 rings (SSSR count). The largest absolute Gasteiger partial charge is 0.477 e. The molecule has 0 aliphatic heterocycles. The summed E-state index contributed by atoms with van der Waals surface area (Å²) in [5.74, 6) is -0.898. The molecular weight excluding hydrogens is 372 g/mol. The quantitative estimate of drug-likeness (QED) is 0.444. The van der Waals surface area contributed by atoms with Crippen LogP contribution in [-0.2, 0) is 19.6 Å². The van der Waals surface area contributed by atoms with Crippen molar-refractivity contribution < 1.29 is 9.90 Å². The Balaban J connectivity index is 1.67. The highest BCUT2D eigenvalue weighted by molar-refractivity contribution is 5.98. The van der Waals surface area contributed by atoms with E-state index in [0.29, 0.717) is 25.3 Å². The maximum absolute atomic E-state index is 12.3. The highest BCUT2D eigenvalue weighted by atomic mass is 16.4. The number of para-hydroxylation sites is 1. The molecule has 152 valence electrons. The van der Waals surface area contributed by atoms with Gasteiger partial charge in [-0.05, 0) is 31.0 Å². The van der Waals surface area contributed by atoms with Crippen molar-refractivity contribution in [1.29, 1.82) is 0 Å². The van der Waals surface area contributed by atoms with Crippen LogP contribution in [0, 0.1) is 13.8 Å². The van der Waals surface area contributed by atoms with Gasteiger partial charge in [-0.3, -0.25) is 0 Å². The first-order chi connectivity index (χ1) is 14.5. The van der Waals surface area contributed by atoms with Gasteiger partial charge in [-0.2, -0.15) is 0 Å². The van der Waals surface area contributed by atoms with Crippen LogP contribution in [0.5, 0.6) is 0 Å². The van der Waals surface area contributed by atoms with E-state index in [1.54, 1.807) is 0 Å². The van der Waals surface area contributed by atoms with E-state index in [-0.39, 0.29) is 0 Å². The number of aromatic carboxylic acids is 1. The van der Waals surface area contributed by atoms with Gasteiger partial charge in [-0.1, -0.05) is 77.9 Å². The second-order valence-corrected chi connectivity index (χ2v) is 7.81. The molecule has 0 aliphatic rings. The fraction of sp³-hybridized carbons (Fsp3) is 0.192. The third kappa shape index (κ3) is 4.14. The van der Waals surface area contributed by atoms with Gasteiger partial charge < -0.3 is 15.0 Å². The van der Waals surface area contributed by atoms with Crippen LogP contribution >= 0.6 is 0 Å². The van der Waals surface area contributed by atoms with Crippen LogP contribution in [-0.4, -0.2) is 15.6 Å². The Morgan fingerprint density at radius 3 is 2.07 bits per heavy atom. The standard InChI is InChI=1S/C26H26N2O2/c1-18-7-11-20(12-8-18)15-27-16-23-22-5-3-4-6-24(22)28(25(23)26(29)30)17-21-13-9-19(2)10-14-21/h3-14,27H,15-17H2,1-2H3,(H,29,30). The van der Waals surface area contributed by atoms with E-state index in [0.717, 1.165) is 22.0 Å². The van der Waals surface area contributed by atoms with Gasteiger partial charge in [0.2, 0.25) is 0 Å². The predicted octanol–water partition coefficient (Wildman–Crippen LogP) is 5.29. The summed E-state index contributed by atoms with van der Waals surface area (Å²) < 4.78 is 1.92. The van der Waals surface area contributed by atoms with Crippen molar-refractivity contribution in [3.63, 3.8) is 0 Å². The van der Waals surface area contributed by atoms with Crippen LogP contribution in [0.15, 0.2) is 72.8 Å². The van der Waals surface area contributed by atoms with E-state index in [2.05, 4.69) is 67.7 Å². The summed E-state index contributed by atoms with van der Waals surface area (Å²) >= 11 is 0. The van der Waals surface area contributed by atoms with Gasteiger partial charge in [0.05, 0.1) is 0 Å². The molecule has 4 aromatic rings. The van der Waals surface area contributed by atoms with Crippen molar-refractivity contribution in [3.05, 3.63) is 106 Å². The average Bonchev–Trinajstić information content (AvgIpc) is 3.05. The summed E-state index contributed by atoms with van der Waals surface area (Å²) in [6.07, 6.45) is 0. The minimum atomic E-state index is -0.898. The maximum atomic E-state index is 12.3. The van der Waals surface area contributed by atoms with Gasteiger partial charge in [0.25, 0.3) is 0 Å². The Morgan fingerprint density at radius 1 is 0.833 bits per heavy atom. The molecule has 0 amide bonds. The zero-order chi connectivity index (χ0) is 21.1. The Bertz CT molecular complexity index is 1170. The molecule has 0 radical (unpaired) electrons. The summed E-state index contributed by atoms with van der Waals surface area (Å²) in [7, 11) is 0. The highest BCUT2D eigenvalue weighted by Gasteiger charge is 2.22. The summed E-state index contributed by atoms with van der Waals surface area (Å²) in [4.78, 5) is 12.3. The number of nitrogens with zero attached hydrogens (tertiary/aromatic N) is 1. The number of aryl methyl sites for hydroxylation is 2. The highest BCUT2D eigenvalue weighted by Crippen LogP contribution is 2.28. The van der Waals surface area contributed by atoms with Crippen LogP contribution in [0.3, 0.4) is 0 Å². The molecule has 2 N–H and O–H groups in total. The lowest BCUT2D eigenvalue weighted by molar-refractivity contribution is 0.0685. The zero-order valence-corrected chi connectivity index (χ0v) is 17.4. The number of fused-ring (bicyclic) bond motifs is 1. The lowest BCUT2D eigenvalue weighted by Gasteiger charge is -2.10. The number of hydrogen-bond donors (Lipinski definition) is 2. The van der Waals surface area contributed by atoms with E-state index in [4.69, 9.17) is 0 Å². The van der Waals surface area contributed by atoms with Crippen molar-refractivity contribution in [1.82, 2.24) is 9.88 Å². The SMILES string of the molecule is Cc1ccc(CNCc2c(C(=O)O)n(Cc3ccc(C)cc3)c3ccccc23)cc1. The number of carboxylic acids is 1. The molecule has 0 spiro atoms. The molecule has 0 saturated heterocycles. The van der Waals surface area contributed by atoms with Crippen molar-refractivity contribution in [2.45, 2.75) is 33.5 Å². The number of nitrogens with one attached hydrogen (secondary N) is 1. The third-order valence-corrected chi connectivity index (χ3v) is 5.49. The molecule has 0 fully saturated rings. The fourth-order valence-electron chi connectivity index (χ4n) is 3.88. The number of carbonyl (C=O) groups is 1. The van der Waals surface area contributed by atoms with Crippen LogP contribution in [0.2, 0.25) is 0 Å². The number of aromatic nitrogens is 1. The number of benzene rings is 3. The molecule has 1 aromatic heterocycles. The first-order valence-electron chi connectivity index (χ1n) is 10.2. The van der Waals surface area contributed by atoms with Crippen LogP contribution < -0.4 is 5.32 Å². The first-order valence-corrected chi connectivity index (χ1v) is 10.2. The number of carboxylic acid groups (broad SMARTS) is 1. The normalized spacial score (nSPS) is 11.1. The molecule has 0 unspecified atom stereocenters. The van der Waals surface area contributed by atoms with E-state index in [9.17, 15) is 9.90 Å². The Kier molecular flexibility index (Phi) is 5.68. The van der Waals surface area contributed by atoms with Crippen LogP contribution in [0.4, 0.5) is 0 Å². The van der Waals surface area contributed by atoms with E-state index < -0.39 is 5.97 Å². The average molecular weight is 399 g/mol. The van der Waals surface area contributed by atoms with Gasteiger partial charge in [0.15, 0.2) is 0 Å². The lowest BCUT2D eigenvalue weighted by Crippen LogP contribution is -2.17. The Labute approximate surface area is 176 Å². The second kappa shape index (κ2) is 8.56. The molecule has 0 saturated carbocycles. The van der Waals surface area contributed by atoms with E-state index in [1.165, 1.54) is 16.7 Å². The van der Waals surface area contributed by atoms with Crippen molar-refractivity contribution in [2.24, 2.45) is 0 Å². The van der Waals surface area contributed by atoms with Crippen LogP contribution in [0.25, 0.3) is 10.9 Å². The molecule has 1 heterocycles. The van der Waals surface area contributed by atoms with Gasteiger partial charge >= 0.3 is 5.97 Å². The second-order valence-electron chi connectivity index (χ2n) is 7.81. The molecule has 30 heavy (non-hydrogen) atoms. The summed E-state index contributed by atoms with van der Waals surface area (Å²) in [5.41, 5.74) is 6.82. The van der Waals surface area contributed by atoms with Gasteiger partial charge in [0, 0.05) is 36.1 Å². The van der Waals surface area contributed by atoms with Gasteiger partial charge in [0.1, 0.15) is 5.69 Å².